The second kappa shape index (κ2) is 7.22. The SMILES string of the molecule is Cc1oc(-c2ccccc2)nc1CSc1nc2sc3c(c2c(=O)[nH]1)CCCC3. The summed E-state index contributed by atoms with van der Waals surface area (Å²) in [5.74, 6) is 2.01. The van der Waals surface area contributed by atoms with Gasteiger partial charge in [-0.25, -0.2) is 9.97 Å². The topological polar surface area (TPSA) is 71.8 Å². The van der Waals surface area contributed by atoms with Gasteiger partial charge in [0.25, 0.3) is 5.56 Å². The third-order valence-electron chi connectivity index (χ3n) is 5.06. The van der Waals surface area contributed by atoms with E-state index < -0.39 is 0 Å². The first-order chi connectivity index (χ1) is 13.7. The number of aromatic nitrogens is 3. The fraction of sp³-hybridized carbons (Fsp3) is 0.286. The van der Waals surface area contributed by atoms with Crippen LogP contribution in [-0.4, -0.2) is 15.0 Å². The van der Waals surface area contributed by atoms with Crippen molar-refractivity contribution in [1.82, 2.24) is 15.0 Å². The van der Waals surface area contributed by atoms with Crippen LogP contribution in [0.2, 0.25) is 0 Å². The van der Waals surface area contributed by atoms with Crippen LogP contribution in [0.4, 0.5) is 0 Å². The summed E-state index contributed by atoms with van der Waals surface area (Å²) in [5.41, 5.74) is 3.03. The summed E-state index contributed by atoms with van der Waals surface area (Å²) >= 11 is 3.16. The van der Waals surface area contributed by atoms with Gasteiger partial charge in [-0.3, -0.25) is 4.79 Å². The molecule has 5 nitrogen and oxygen atoms in total. The molecule has 5 rings (SSSR count). The number of nitrogens with one attached hydrogen (secondary N) is 1. The molecule has 142 valence electrons. The summed E-state index contributed by atoms with van der Waals surface area (Å²) in [6, 6.07) is 9.86. The average molecular weight is 410 g/mol. The lowest BCUT2D eigenvalue weighted by molar-refractivity contribution is 0.540. The highest BCUT2D eigenvalue weighted by Gasteiger charge is 2.20. The molecule has 0 bridgehead atoms. The van der Waals surface area contributed by atoms with Crippen molar-refractivity contribution < 1.29 is 4.42 Å². The van der Waals surface area contributed by atoms with Crippen LogP contribution in [0.5, 0.6) is 0 Å². The molecule has 1 aromatic carbocycles. The Hall–Kier alpha value is -2.38. The Bertz CT molecular complexity index is 1210. The van der Waals surface area contributed by atoms with E-state index in [-0.39, 0.29) is 5.56 Å². The Morgan fingerprint density at radius 3 is 2.86 bits per heavy atom. The molecule has 1 aliphatic carbocycles. The highest BCUT2D eigenvalue weighted by Crippen LogP contribution is 2.34. The van der Waals surface area contributed by atoms with Crippen molar-refractivity contribution in [2.75, 3.05) is 0 Å². The number of benzene rings is 1. The molecular weight excluding hydrogens is 390 g/mol. The number of rotatable bonds is 4. The minimum absolute atomic E-state index is 0.0197. The van der Waals surface area contributed by atoms with Gasteiger partial charge in [0, 0.05) is 16.2 Å². The lowest BCUT2D eigenvalue weighted by atomic mass is 9.97. The number of aryl methyl sites for hydroxylation is 3. The van der Waals surface area contributed by atoms with Crippen molar-refractivity contribution in [1.29, 1.82) is 0 Å². The molecule has 4 aromatic rings. The molecule has 7 heteroatoms. The van der Waals surface area contributed by atoms with Crippen LogP contribution in [-0.2, 0) is 18.6 Å². The molecule has 28 heavy (non-hydrogen) atoms. The number of hydrogen-bond acceptors (Lipinski definition) is 6. The van der Waals surface area contributed by atoms with Crippen LogP contribution in [0.1, 0.15) is 34.7 Å². The molecule has 0 radical (unpaired) electrons. The van der Waals surface area contributed by atoms with Crippen LogP contribution in [0.3, 0.4) is 0 Å². The molecule has 0 spiro atoms. The standard InChI is InChI=1S/C21H19N3O2S2/c1-12-15(22-19(26-12)13-7-3-2-4-8-13)11-27-21-23-18(25)17-14-9-5-6-10-16(14)28-20(17)24-21/h2-4,7-8H,5-6,9-11H2,1H3,(H,23,24,25). The zero-order chi connectivity index (χ0) is 19.1. The highest BCUT2D eigenvalue weighted by atomic mass is 32.2. The summed E-state index contributed by atoms with van der Waals surface area (Å²) in [6.45, 7) is 1.92. The van der Waals surface area contributed by atoms with E-state index in [4.69, 9.17) is 9.40 Å². The van der Waals surface area contributed by atoms with Crippen molar-refractivity contribution in [3.63, 3.8) is 0 Å². The van der Waals surface area contributed by atoms with Gasteiger partial charge in [0.1, 0.15) is 10.6 Å². The number of hydrogen-bond donors (Lipinski definition) is 1. The maximum Gasteiger partial charge on any atom is 0.260 e. The number of fused-ring (bicyclic) bond motifs is 3. The van der Waals surface area contributed by atoms with Gasteiger partial charge < -0.3 is 9.40 Å². The number of nitrogens with zero attached hydrogens (tertiary/aromatic N) is 2. The third-order valence-corrected chi connectivity index (χ3v) is 7.13. The molecule has 0 atom stereocenters. The summed E-state index contributed by atoms with van der Waals surface area (Å²) < 4.78 is 5.82. The first-order valence-corrected chi connectivity index (χ1v) is 11.2. The summed E-state index contributed by atoms with van der Waals surface area (Å²) in [5, 5.41) is 1.44. The molecule has 3 heterocycles. The largest absolute Gasteiger partial charge is 0.441 e. The predicted octanol–water partition coefficient (Wildman–Crippen LogP) is 5.12. The van der Waals surface area contributed by atoms with Gasteiger partial charge in [-0.1, -0.05) is 30.0 Å². The Morgan fingerprint density at radius 1 is 1.18 bits per heavy atom. The van der Waals surface area contributed by atoms with Crippen LogP contribution < -0.4 is 5.56 Å². The van der Waals surface area contributed by atoms with Crippen molar-refractivity contribution in [3.8, 4) is 11.5 Å². The van der Waals surface area contributed by atoms with Gasteiger partial charge in [0.05, 0.1) is 11.1 Å². The summed E-state index contributed by atoms with van der Waals surface area (Å²) in [7, 11) is 0. The normalized spacial score (nSPS) is 13.8. The van der Waals surface area contributed by atoms with E-state index in [0.717, 1.165) is 46.5 Å². The van der Waals surface area contributed by atoms with E-state index in [9.17, 15) is 4.79 Å². The number of oxazole rings is 1. The molecular formula is C21H19N3O2S2. The number of thioether (sulfide) groups is 1. The van der Waals surface area contributed by atoms with Gasteiger partial charge in [-0.15, -0.1) is 11.3 Å². The maximum absolute atomic E-state index is 12.7. The Balaban J connectivity index is 1.41. The van der Waals surface area contributed by atoms with Crippen LogP contribution in [0.15, 0.2) is 44.7 Å². The van der Waals surface area contributed by atoms with Gasteiger partial charge in [-0.2, -0.15) is 0 Å². The highest BCUT2D eigenvalue weighted by molar-refractivity contribution is 7.98. The van der Waals surface area contributed by atoms with Crippen molar-refractivity contribution in [2.45, 2.75) is 43.5 Å². The lowest BCUT2D eigenvalue weighted by Crippen LogP contribution is -2.10. The Morgan fingerprint density at radius 2 is 2.00 bits per heavy atom. The maximum atomic E-state index is 12.7. The zero-order valence-electron chi connectivity index (χ0n) is 15.4. The average Bonchev–Trinajstić information content (AvgIpc) is 3.27. The van der Waals surface area contributed by atoms with E-state index in [1.807, 2.05) is 37.3 Å². The van der Waals surface area contributed by atoms with Crippen molar-refractivity contribution >= 4 is 33.3 Å². The molecule has 0 saturated heterocycles. The second-order valence-electron chi connectivity index (χ2n) is 6.94. The van der Waals surface area contributed by atoms with Gasteiger partial charge in [0.2, 0.25) is 5.89 Å². The van der Waals surface area contributed by atoms with Gasteiger partial charge >= 0.3 is 0 Å². The third kappa shape index (κ3) is 3.18. The quantitative estimate of drug-likeness (QED) is 0.374. The fourth-order valence-corrected chi connectivity index (χ4v) is 5.80. The predicted molar refractivity (Wildman–Crippen MR) is 113 cm³/mol. The first kappa shape index (κ1) is 17.7. The number of aromatic amines is 1. The van der Waals surface area contributed by atoms with Gasteiger partial charge in [0.15, 0.2) is 5.16 Å². The first-order valence-electron chi connectivity index (χ1n) is 9.38. The van der Waals surface area contributed by atoms with E-state index in [0.29, 0.717) is 16.8 Å². The van der Waals surface area contributed by atoms with Crippen LogP contribution >= 0.6 is 23.1 Å². The monoisotopic (exact) mass is 409 g/mol. The number of H-pyrrole nitrogens is 1. The van der Waals surface area contributed by atoms with E-state index in [1.54, 1.807) is 11.3 Å². The molecule has 1 N–H and O–H groups in total. The summed E-state index contributed by atoms with van der Waals surface area (Å²) in [4.78, 5) is 27.2. The fourth-order valence-electron chi connectivity index (χ4n) is 3.62. The Labute approximate surface area is 170 Å². The van der Waals surface area contributed by atoms with E-state index >= 15 is 0 Å². The van der Waals surface area contributed by atoms with Crippen LogP contribution in [0, 0.1) is 6.92 Å². The molecule has 0 saturated carbocycles. The van der Waals surface area contributed by atoms with E-state index in [1.165, 1.54) is 28.6 Å². The summed E-state index contributed by atoms with van der Waals surface area (Å²) in [6.07, 6.45) is 4.42. The lowest BCUT2D eigenvalue weighted by Gasteiger charge is -2.09. The molecule has 0 aliphatic heterocycles. The minimum Gasteiger partial charge on any atom is -0.441 e. The second-order valence-corrected chi connectivity index (χ2v) is 8.99. The smallest absolute Gasteiger partial charge is 0.260 e. The number of thiophene rings is 1. The molecule has 0 fully saturated rings. The molecule has 1 aliphatic rings. The molecule has 0 unspecified atom stereocenters. The molecule has 0 amide bonds. The van der Waals surface area contributed by atoms with Crippen LogP contribution in [0.25, 0.3) is 21.7 Å². The van der Waals surface area contributed by atoms with Gasteiger partial charge in [-0.05, 0) is 50.3 Å². The molecule has 3 aromatic heterocycles. The zero-order valence-corrected chi connectivity index (χ0v) is 17.1. The minimum atomic E-state index is -0.0197. The Kier molecular flexibility index (Phi) is 4.56. The van der Waals surface area contributed by atoms with Crippen molar-refractivity contribution in [3.05, 3.63) is 62.6 Å². The van der Waals surface area contributed by atoms with Crippen molar-refractivity contribution in [2.24, 2.45) is 0 Å². The van der Waals surface area contributed by atoms with E-state index in [2.05, 4.69) is 9.97 Å².